The van der Waals surface area contributed by atoms with Crippen LogP contribution in [0.4, 0.5) is 18.4 Å². The number of carbonyl (C=O) groups is 6. The molecule has 0 radical (unpaired) electrons. The van der Waals surface area contributed by atoms with Crippen molar-refractivity contribution in [2.75, 3.05) is 39.3 Å². The van der Waals surface area contributed by atoms with Crippen molar-refractivity contribution in [3.8, 4) is 0 Å². The number of halogens is 3. The Morgan fingerprint density at radius 1 is 0.722 bits per heavy atom. The van der Waals surface area contributed by atoms with Crippen molar-refractivity contribution in [3.63, 3.8) is 0 Å². The predicted molar refractivity (Wildman–Crippen MR) is 199 cm³/mol. The molecular formula is C38H53ClF2N4O9. The highest BCUT2D eigenvalue weighted by atomic mass is 35.5. The number of nitrogens with one attached hydrogen (secondary N) is 1. The van der Waals surface area contributed by atoms with Gasteiger partial charge >= 0.3 is 18.2 Å². The quantitative estimate of drug-likeness (QED) is 0.287. The second kappa shape index (κ2) is 21.9. The molecule has 2 aliphatic rings. The number of rotatable bonds is 7. The van der Waals surface area contributed by atoms with Crippen LogP contribution >= 0.6 is 12.4 Å². The van der Waals surface area contributed by atoms with Crippen LogP contribution in [0.15, 0.2) is 48.5 Å². The summed E-state index contributed by atoms with van der Waals surface area (Å²) in [6, 6.07) is 10.5. The molecule has 13 nitrogen and oxygen atoms in total. The molecule has 16 heteroatoms. The number of carboxylic acids is 1. The molecule has 300 valence electrons. The molecule has 2 unspecified atom stereocenters. The number of ketones is 2. The van der Waals surface area contributed by atoms with Crippen molar-refractivity contribution >= 4 is 48.0 Å². The number of ether oxygens (including phenoxy) is 2. The van der Waals surface area contributed by atoms with Gasteiger partial charge in [-0.25, -0.2) is 18.4 Å². The maximum atomic E-state index is 12.9. The minimum Gasteiger partial charge on any atom is -0.481 e. The van der Waals surface area contributed by atoms with E-state index in [0.717, 1.165) is 6.42 Å². The molecular weight excluding hydrogens is 730 g/mol. The van der Waals surface area contributed by atoms with Crippen molar-refractivity contribution in [3.05, 3.63) is 71.3 Å². The molecule has 3 amide bonds. The van der Waals surface area contributed by atoms with E-state index in [1.54, 1.807) is 41.5 Å². The number of carboxylic acid groups (broad SMARTS) is 1. The van der Waals surface area contributed by atoms with E-state index in [1.165, 1.54) is 58.3 Å². The number of piperidine rings is 2. The summed E-state index contributed by atoms with van der Waals surface area (Å²) in [6.07, 6.45) is 1.85. The van der Waals surface area contributed by atoms with Crippen molar-refractivity contribution < 1.29 is 52.1 Å². The average Bonchev–Trinajstić information content (AvgIpc) is 3.10. The van der Waals surface area contributed by atoms with Crippen LogP contribution in [0.5, 0.6) is 0 Å². The van der Waals surface area contributed by atoms with E-state index in [9.17, 15) is 37.5 Å². The Morgan fingerprint density at radius 3 is 1.50 bits per heavy atom. The average molecular weight is 783 g/mol. The first-order chi connectivity index (χ1) is 24.7. The molecule has 2 aromatic carbocycles. The minimum atomic E-state index is -0.840. The van der Waals surface area contributed by atoms with Gasteiger partial charge in [0.2, 0.25) is 5.91 Å². The third kappa shape index (κ3) is 17.5. The third-order valence-corrected chi connectivity index (χ3v) is 7.81. The summed E-state index contributed by atoms with van der Waals surface area (Å²) in [7, 11) is 0. The number of likely N-dealkylation sites (tertiary alicyclic amines) is 2. The number of Topliss-reactive ketones (excluding diaryl/α,β-unsaturated/α-hetero) is 2. The number of benzene rings is 2. The predicted octanol–water partition coefficient (Wildman–Crippen LogP) is 5.88. The smallest absolute Gasteiger partial charge is 0.410 e. The van der Waals surface area contributed by atoms with Crippen LogP contribution in [0, 0.1) is 23.5 Å². The zero-order valence-electron chi connectivity index (χ0n) is 31.7. The Morgan fingerprint density at radius 2 is 1.11 bits per heavy atom. The van der Waals surface area contributed by atoms with Gasteiger partial charge in [-0.05, 0) is 116 Å². The number of nitrogens with zero attached hydrogens (tertiary/aromatic N) is 2. The van der Waals surface area contributed by atoms with Gasteiger partial charge in [-0.2, -0.15) is 0 Å². The molecule has 2 aliphatic heterocycles. The summed E-state index contributed by atoms with van der Waals surface area (Å²) in [6.45, 7) is 12.2. The van der Waals surface area contributed by atoms with Gasteiger partial charge in [0.05, 0.1) is 24.9 Å². The second-order valence-electron chi connectivity index (χ2n) is 14.7. The first-order valence-electron chi connectivity index (χ1n) is 17.4. The first-order valence-corrected chi connectivity index (χ1v) is 17.4. The molecule has 0 aromatic heterocycles. The standard InChI is InChI=1S/C19H25FN2O4.C11H19NO4.C8H8FNO.ClH/c1-19(2,3)26-18(25)22-10-4-5-14(12-22)17(24)21-11-16(23)13-6-8-15(20)9-7-13;1-11(2,3)16-10(15)12-6-4-5-8(7-12)9(13)14;9-7-3-1-6(2-4-7)8(11)5-10;/h6-9,14H,4-5,10-12H2,1-3H3,(H,21,24);8H,4-7H2,1-3H3,(H,13,14);1-4H,5,10H2;1H. The summed E-state index contributed by atoms with van der Waals surface area (Å²) in [5.41, 5.74) is 4.77. The number of aliphatic carboxylic acids is 1. The summed E-state index contributed by atoms with van der Waals surface area (Å²) in [5, 5.41) is 11.5. The van der Waals surface area contributed by atoms with Gasteiger partial charge in [0.25, 0.3) is 0 Å². The molecule has 2 atom stereocenters. The molecule has 0 aliphatic carbocycles. The van der Waals surface area contributed by atoms with Crippen molar-refractivity contribution in [2.45, 2.75) is 78.4 Å². The van der Waals surface area contributed by atoms with Gasteiger partial charge in [-0.3, -0.25) is 19.2 Å². The van der Waals surface area contributed by atoms with Crippen LogP contribution in [0.2, 0.25) is 0 Å². The topological polar surface area (TPSA) is 186 Å². The zero-order valence-corrected chi connectivity index (χ0v) is 32.5. The van der Waals surface area contributed by atoms with Crippen LogP contribution in [-0.4, -0.2) is 101 Å². The molecule has 0 saturated carbocycles. The fourth-order valence-corrected chi connectivity index (χ4v) is 5.16. The van der Waals surface area contributed by atoms with E-state index in [4.69, 9.17) is 20.3 Å². The van der Waals surface area contributed by atoms with Crippen molar-refractivity contribution in [2.24, 2.45) is 17.6 Å². The van der Waals surface area contributed by atoms with Gasteiger partial charge in [0.1, 0.15) is 22.8 Å². The van der Waals surface area contributed by atoms with Gasteiger partial charge in [-0.1, -0.05) is 0 Å². The SMILES string of the molecule is CC(C)(C)OC(=O)N1CCCC(C(=O)NCC(=O)c2ccc(F)cc2)C1.CC(C)(C)OC(=O)N1CCCC(C(=O)O)C1.Cl.NCC(=O)c1ccc(F)cc1. The van der Waals surface area contributed by atoms with Gasteiger partial charge in [-0.15, -0.1) is 12.4 Å². The van der Waals surface area contributed by atoms with Crippen molar-refractivity contribution in [1.82, 2.24) is 15.1 Å². The summed E-state index contributed by atoms with van der Waals surface area (Å²) in [4.78, 5) is 72.9. The van der Waals surface area contributed by atoms with Crippen LogP contribution in [0.25, 0.3) is 0 Å². The Balaban J connectivity index is 0.000000443. The van der Waals surface area contributed by atoms with Gasteiger partial charge < -0.3 is 35.4 Å². The number of nitrogens with two attached hydrogens (primary N) is 1. The summed E-state index contributed by atoms with van der Waals surface area (Å²) < 4.78 is 35.7. The van der Waals surface area contributed by atoms with Crippen LogP contribution in [-0.2, 0) is 19.1 Å². The fourth-order valence-electron chi connectivity index (χ4n) is 5.16. The van der Waals surface area contributed by atoms with E-state index in [-0.39, 0.29) is 67.8 Å². The van der Waals surface area contributed by atoms with E-state index in [0.29, 0.717) is 43.5 Å². The number of hydrogen-bond acceptors (Lipinski definition) is 9. The maximum absolute atomic E-state index is 12.9. The molecule has 4 N–H and O–H groups in total. The molecule has 4 rings (SSSR count). The Hall–Kier alpha value is -4.63. The molecule has 2 saturated heterocycles. The molecule has 2 fully saturated rings. The summed E-state index contributed by atoms with van der Waals surface area (Å²) >= 11 is 0. The maximum Gasteiger partial charge on any atom is 0.410 e. The largest absolute Gasteiger partial charge is 0.481 e. The second-order valence-corrected chi connectivity index (χ2v) is 14.7. The molecule has 2 aromatic rings. The molecule has 2 heterocycles. The van der Waals surface area contributed by atoms with Crippen LogP contribution in [0.3, 0.4) is 0 Å². The first kappa shape index (κ1) is 47.4. The van der Waals surface area contributed by atoms with Crippen molar-refractivity contribution in [1.29, 1.82) is 0 Å². The van der Waals surface area contributed by atoms with Crippen LogP contribution in [0.1, 0.15) is 87.9 Å². The zero-order chi connectivity index (χ0) is 39.9. The van der Waals surface area contributed by atoms with E-state index in [1.807, 2.05) is 0 Å². The van der Waals surface area contributed by atoms with Gasteiger partial charge in [0, 0.05) is 37.3 Å². The monoisotopic (exact) mass is 782 g/mol. The highest BCUT2D eigenvalue weighted by molar-refractivity contribution is 5.99. The number of carbonyl (C=O) groups excluding carboxylic acids is 5. The lowest BCUT2D eigenvalue weighted by molar-refractivity contribution is -0.143. The van der Waals surface area contributed by atoms with E-state index >= 15 is 0 Å². The van der Waals surface area contributed by atoms with Gasteiger partial charge in [0.15, 0.2) is 11.6 Å². The fraction of sp³-hybridized carbons (Fsp3) is 0.526. The lowest BCUT2D eigenvalue weighted by Crippen LogP contribution is -2.47. The molecule has 0 bridgehead atoms. The van der Waals surface area contributed by atoms with E-state index in [2.05, 4.69) is 5.32 Å². The number of amides is 3. The number of hydrogen-bond donors (Lipinski definition) is 3. The Bertz CT molecular complexity index is 1560. The highest BCUT2D eigenvalue weighted by Gasteiger charge is 2.32. The third-order valence-electron chi connectivity index (χ3n) is 7.81. The summed E-state index contributed by atoms with van der Waals surface area (Å²) in [5.74, 6) is -3.18. The Kier molecular flexibility index (Phi) is 19.2. The van der Waals surface area contributed by atoms with Crippen LogP contribution < -0.4 is 11.1 Å². The molecule has 54 heavy (non-hydrogen) atoms. The molecule has 0 spiro atoms. The van der Waals surface area contributed by atoms with E-state index < -0.39 is 41.1 Å². The lowest BCUT2D eigenvalue weighted by Gasteiger charge is -2.33. The lowest BCUT2D eigenvalue weighted by atomic mass is 9.97. The highest BCUT2D eigenvalue weighted by Crippen LogP contribution is 2.21. The Labute approximate surface area is 321 Å². The normalized spacial score (nSPS) is 16.8. The minimum absolute atomic E-state index is 0.